The van der Waals surface area contributed by atoms with E-state index in [0.717, 1.165) is 11.9 Å². The first kappa shape index (κ1) is 18.4. The third-order valence-corrected chi connectivity index (χ3v) is 4.92. The van der Waals surface area contributed by atoms with Gasteiger partial charge in [0.05, 0.1) is 10.6 Å². The summed E-state index contributed by atoms with van der Waals surface area (Å²) < 4.78 is 14.9. The Morgan fingerprint density at radius 2 is 1.86 bits per heavy atom. The van der Waals surface area contributed by atoms with Gasteiger partial charge in [0.1, 0.15) is 17.5 Å². The van der Waals surface area contributed by atoms with Gasteiger partial charge in [0.2, 0.25) is 0 Å². The minimum Gasteiger partial charge on any atom is -0.353 e. The van der Waals surface area contributed by atoms with Crippen molar-refractivity contribution in [3.8, 4) is 5.82 Å². The predicted octanol–water partition coefficient (Wildman–Crippen LogP) is 2.73. The lowest BCUT2D eigenvalue weighted by molar-refractivity contribution is 0.0746. The molecule has 0 radical (unpaired) electrons. The van der Waals surface area contributed by atoms with Gasteiger partial charge in [-0.05, 0) is 31.2 Å². The number of aromatic nitrogens is 4. The Morgan fingerprint density at radius 3 is 2.54 bits per heavy atom. The van der Waals surface area contributed by atoms with Gasteiger partial charge >= 0.3 is 0 Å². The molecule has 28 heavy (non-hydrogen) atoms. The molecule has 0 bridgehead atoms. The molecule has 144 valence electrons. The van der Waals surface area contributed by atoms with Gasteiger partial charge in [-0.15, -0.1) is 0 Å². The fraction of sp³-hybridized carbons (Fsp3) is 0.263. The summed E-state index contributed by atoms with van der Waals surface area (Å²) in [6.45, 7) is 4.13. The molecule has 1 aliphatic rings. The van der Waals surface area contributed by atoms with Crippen molar-refractivity contribution in [2.45, 2.75) is 6.92 Å². The van der Waals surface area contributed by atoms with Crippen molar-refractivity contribution in [1.82, 2.24) is 24.6 Å². The molecule has 7 nitrogen and oxygen atoms in total. The highest BCUT2D eigenvalue weighted by atomic mass is 35.5. The highest BCUT2D eigenvalue weighted by Gasteiger charge is 2.25. The fourth-order valence-corrected chi connectivity index (χ4v) is 3.44. The van der Waals surface area contributed by atoms with Gasteiger partial charge in [-0.2, -0.15) is 5.10 Å². The van der Waals surface area contributed by atoms with E-state index in [9.17, 15) is 9.18 Å². The Balaban J connectivity index is 1.48. The van der Waals surface area contributed by atoms with E-state index in [1.165, 1.54) is 12.1 Å². The first-order valence-electron chi connectivity index (χ1n) is 8.86. The Labute approximate surface area is 166 Å². The maximum atomic E-state index is 13.2. The zero-order valence-corrected chi connectivity index (χ0v) is 16.0. The van der Waals surface area contributed by atoms with E-state index < -0.39 is 5.82 Å². The third kappa shape index (κ3) is 3.68. The molecule has 1 aromatic carbocycles. The van der Waals surface area contributed by atoms with Crippen LogP contribution < -0.4 is 4.90 Å². The molecule has 0 atom stereocenters. The number of amides is 1. The van der Waals surface area contributed by atoms with Crippen molar-refractivity contribution in [2.75, 3.05) is 31.1 Å². The van der Waals surface area contributed by atoms with Crippen LogP contribution in [-0.2, 0) is 0 Å². The predicted molar refractivity (Wildman–Crippen MR) is 103 cm³/mol. The summed E-state index contributed by atoms with van der Waals surface area (Å²) in [7, 11) is 0. The molecule has 0 N–H and O–H groups in total. The first-order chi connectivity index (χ1) is 13.5. The molecule has 3 aromatic rings. The van der Waals surface area contributed by atoms with Crippen LogP contribution in [0, 0.1) is 12.7 Å². The molecule has 0 saturated carbocycles. The summed E-state index contributed by atoms with van der Waals surface area (Å²) in [4.78, 5) is 25.5. The molecule has 4 rings (SSSR count). The van der Waals surface area contributed by atoms with Gasteiger partial charge in [-0.1, -0.05) is 11.6 Å². The van der Waals surface area contributed by atoms with Crippen LogP contribution in [0.25, 0.3) is 5.82 Å². The minimum absolute atomic E-state index is 0.128. The molecule has 0 spiro atoms. The van der Waals surface area contributed by atoms with Crippen LogP contribution in [0.4, 0.5) is 10.2 Å². The number of carbonyl (C=O) groups excluding carboxylic acids is 1. The summed E-state index contributed by atoms with van der Waals surface area (Å²) >= 11 is 6.03. The maximum absolute atomic E-state index is 13.2. The van der Waals surface area contributed by atoms with E-state index in [1.54, 1.807) is 15.8 Å². The van der Waals surface area contributed by atoms with E-state index in [1.807, 2.05) is 25.3 Å². The van der Waals surface area contributed by atoms with Gasteiger partial charge in [-0.25, -0.2) is 19.0 Å². The van der Waals surface area contributed by atoms with E-state index >= 15 is 0 Å². The number of aryl methyl sites for hydroxylation is 1. The molecule has 9 heteroatoms. The van der Waals surface area contributed by atoms with Gasteiger partial charge < -0.3 is 9.80 Å². The molecule has 1 saturated heterocycles. The summed E-state index contributed by atoms with van der Waals surface area (Å²) in [6, 6.07) is 7.55. The normalized spacial score (nSPS) is 14.4. The van der Waals surface area contributed by atoms with Crippen LogP contribution >= 0.6 is 11.6 Å². The number of hydrogen-bond acceptors (Lipinski definition) is 5. The molecule has 1 aliphatic heterocycles. The largest absolute Gasteiger partial charge is 0.353 e. The van der Waals surface area contributed by atoms with E-state index in [0.29, 0.717) is 43.4 Å². The number of carbonyl (C=O) groups is 1. The van der Waals surface area contributed by atoms with Gasteiger partial charge in [-0.3, -0.25) is 4.79 Å². The lowest BCUT2D eigenvalue weighted by atomic mass is 10.1. The summed E-state index contributed by atoms with van der Waals surface area (Å²) in [5.74, 6) is 1.49. The smallest absolute Gasteiger partial charge is 0.255 e. The second-order valence-electron chi connectivity index (χ2n) is 6.49. The van der Waals surface area contributed by atoms with Crippen LogP contribution in [0.15, 0.2) is 42.7 Å². The number of hydrogen-bond donors (Lipinski definition) is 0. The molecule has 1 amide bonds. The zero-order valence-electron chi connectivity index (χ0n) is 15.2. The second-order valence-corrected chi connectivity index (χ2v) is 6.89. The molecule has 0 aliphatic carbocycles. The highest BCUT2D eigenvalue weighted by molar-refractivity contribution is 6.33. The van der Waals surface area contributed by atoms with Crippen LogP contribution in [-0.4, -0.2) is 56.7 Å². The Morgan fingerprint density at radius 1 is 1.11 bits per heavy atom. The van der Waals surface area contributed by atoms with Crippen LogP contribution in [0.5, 0.6) is 0 Å². The lowest BCUT2D eigenvalue weighted by Gasteiger charge is -2.35. The molecular formula is C19H18ClFN6O. The van der Waals surface area contributed by atoms with Crippen molar-refractivity contribution in [3.05, 3.63) is 65.0 Å². The number of benzene rings is 1. The molecule has 3 heterocycles. The summed E-state index contributed by atoms with van der Waals surface area (Å²) in [5.41, 5.74) is 0.315. The Kier molecular flexibility index (Phi) is 4.95. The number of rotatable bonds is 3. The summed E-state index contributed by atoms with van der Waals surface area (Å²) in [5, 5.41) is 4.34. The molecule has 0 unspecified atom stereocenters. The summed E-state index contributed by atoms with van der Waals surface area (Å²) in [6.07, 6.45) is 3.52. The third-order valence-electron chi connectivity index (χ3n) is 4.60. The van der Waals surface area contributed by atoms with Gasteiger partial charge in [0, 0.05) is 44.6 Å². The minimum atomic E-state index is -0.460. The van der Waals surface area contributed by atoms with Crippen LogP contribution in [0.1, 0.15) is 16.2 Å². The number of nitrogens with zero attached hydrogens (tertiary/aromatic N) is 6. The van der Waals surface area contributed by atoms with Gasteiger partial charge in [0.25, 0.3) is 5.91 Å². The molecule has 2 aromatic heterocycles. The van der Waals surface area contributed by atoms with E-state index in [-0.39, 0.29) is 10.9 Å². The van der Waals surface area contributed by atoms with Crippen molar-refractivity contribution in [2.24, 2.45) is 0 Å². The second kappa shape index (κ2) is 7.55. The fourth-order valence-electron chi connectivity index (χ4n) is 3.19. The number of anilines is 1. The van der Waals surface area contributed by atoms with Crippen LogP contribution in [0.2, 0.25) is 5.02 Å². The van der Waals surface area contributed by atoms with Crippen molar-refractivity contribution in [1.29, 1.82) is 0 Å². The number of piperazine rings is 1. The number of halogens is 2. The van der Waals surface area contributed by atoms with Crippen molar-refractivity contribution in [3.63, 3.8) is 0 Å². The average Bonchev–Trinajstić information content (AvgIpc) is 3.22. The topological polar surface area (TPSA) is 67.2 Å². The first-order valence-corrected chi connectivity index (χ1v) is 9.24. The quantitative estimate of drug-likeness (QED) is 0.676. The van der Waals surface area contributed by atoms with Crippen LogP contribution in [0.3, 0.4) is 0 Å². The Hall–Kier alpha value is -3.00. The Bertz CT molecular complexity index is 1000. The molecule has 1 fully saturated rings. The lowest BCUT2D eigenvalue weighted by Crippen LogP contribution is -2.49. The average molecular weight is 401 g/mol. The van der Waals surface area contributed by atoms with Crippen molar-refractivity contribution < 1.29 is 9.18 Å². The van der Waals surface area contributed by atoms with Gasteiger partial charge in [0.15, 0.2) is 5.82 Å². The highest BCUT2D eigenvalue weighted by Crippen LogP contribution is 2.21. The van der Waals surface area contributed by atoms with Crippen molar-refractivity contribution >= 4 is 23.3 Å². The standard InChI is InChI=1S/C19H18ClFN6O/c1-13-23-17(12-18(24-13)27-6-2-5-22-27)25-7-9-26(10-8-25)19(28)15-4-3-14(21)11-16(15)20/h2-6,11-12H,7-10H2,1H3. The monoisotopic (exact) mass is 400 g/mol. The van der Waals surface area contributed by atoms with E-state index in [4.69, 9.17) is 11.6 Å². The SMILES string of the molecule is Cc1nc(N2CCN(C(=O)c3ccc(F)cc3Cl)CC2)cc(-n2cccn2)n1. The molecular weight excluding hydrogens is 383 g/mol. The maximum Gasteiger partial charge on any atom is 0.255 e. The zero-order chi connectivity index (χ0) is 19.7. The van der Waals surface area contributed by atoms with E-state index in [2.05, 4.69) is 20.0 Å².